The quantitative estimate of drug-likeness (QED) is 0.622. The average molecular weight is 250 g/mol. The van der Waals surface area contributed by atoms with Crippen molar-refractivity contribution in [2.75, 3.05) is 13.1 Å². The predicted octanol–water partition coefficient (Wildman–Crippen LogP) is 0.0753. The van der Waals surface area contributed by atoms with Gasteiger partial charge < -0.3 is 5.11 Å². The van der Waals surface area contributed by atoms with Crippen LogP contribution >= 0.6 is 0 Å². The van der Waals surface area contributed by atoms with Gasteiger partial charge in [-0.25, -0.2) is 9.44 Å². The molecular weight excluding hydrogens is 232 g/mol. The Morgan fingerprint density at radius 3 is 2.31 bits per heavy atom. The van der Waals surface area contributed by atoms with E-state index in [4.69, 9.17) is 5.11 Å². The average Bonchev–Trinajstić information content (AvgIpc) is 2.64. The molecule has 0 saturated heterocycles. The number of carboxylic acid groups (broad SMARTS) is 1. The summed E-state index contributed by atoms with van der Waals surface area (Å²) in [5, 5.41) is 9.14. The van der Waals surface area contributed by atoms with Crippen LogP contribution in [0.3, 0.4) is 0 Å². The van der Waals surface area contributed by atoms with Gasteiger partial charge in [-0.2, -0.15) is 8.42 Å². The fraction of sp³-hybridized carbons (Fsp3) is 0.889. The van der Waals surface area contributed by atoms with E-state index in [-0.39, 0.29) is 13.1 Å². The molecule has 1 fully saturated rings. The third-order valence-corrected chi connectivity index (χ3v) is 4.14. The molecule has 0 unspecified atom stereocenters. The molecule has 0 aromatic rings. The van der Waals surface area contributed by atoms with E-state index in [9.17, 15) is 13.2 Å². The third-order valence-electron chi connectivity index (χ3n) is 2.95. The minimum Gasteiger partial charge on any atom is -0.481 e. The molecular formula is C9H18N2O4S. The Balaban J connectivity index is 2.61. The molecule has 0 heterocycles. The molecule has 0 aliphatic heterocycles. The van der Waals surface area contributed by atoms with Crippen LogP contribution in [0.2, 0.25) is 0 Å². The predicted molar refractivity (Wildman–Crippen MR) is 59.1 cm³/mol. The van der Waals surface area contributed by atoms with Gasteiger partial charge in [0.25, 0.3) is 10.2 Å². The summed E-state index contributed by atoms with van der Waals surface area (Å²) in [5.41, 5.74) is -0.914. The second kappa shape index (κ2) is 5.11. The second-order valence-corrected chi connectivity index (χ2v) is 5.70. The fourth-order valence-corrected chi connectivity index (χ4v) is 2.94. The van der Waals surface area contributed by atoms with Crippen molar-refractivity contribution in [3.05, 3.63) is 0 Å². The van der Waals surface area contributed by atoms with Crippen molar-refractivity contribution in [1.82, 2.24) is 9.44 Å². The van der Waals surface area contributed by atoms with Gasteiger partial charge in [0, 0.05) is 13.1 Å². The molecule has 16 heavy (non-hydrogen) atoms. The van der Waals surface area contributed by atoms with Crippen molar-refractivity contribution in [3.8, 4) is 0 Å². The summed E-state index contributed by atoms with van der Waals surface area (Å²) in [5.74, 6) is -0.913. The van der Waals surface area contributed by atoms with Gasteiger partial charge in [-0.05, 0) is 12.8 Å². The summed E-state index contributed by atoms with van der Waals surface area (Å²) in [6, 6.07) is 0. The zero-order valence-corrected chi connectivity index (χ0v) is 10.1. The van der Waals surface area contributed by atoms with E-state index >= 15 is 0 Å². The van der Waals surface area contributed by atoms with Crippen molar-refractivity contribution >= 4 is 16.2 Å². The molecule has 7 heteroatoms. The maximum absolute atomic E-state index is 11.3. The molecule has 0 bridgehead atoms. The standard InChI is InChI=1S/C9H18N2O4S/c1-2-10-16(14,15)11-7-9(8(12)13)5-3-4-6-9/h10-11H,2-7H2,1H3,(H,12,13). The van der Waals surface area contributed by atoms with Gasteiger partial charge in [0.05, 0.1) is 5.41 Å². The number of rotatable bonds is 6. The maximum atomic E-state index is 11.3. The first kappa shape index (κ1) is 13.4. The second-order valence-electron chi connectivity index (χ2n) is 4.12. The molecule has 0 aromatic heterocycles. The van der Waals surface area contributed by atoms with Crippen LogP contribution in [0.15, 0.2) is 0 Å². The minimum atomic E-state index is -3.55. The molecule has 0 atom stereocenters. The van der Waals surface area contributed by atoms with Crippen LogP contribution in [-0.2, 0) is 15.0 Å². The van der Waals surface area contributed by atoms with Crippen LogP contribution < -0.4 is 9.44 Å². The summed E-state index contributed by atoms with van der Waals surface area (Å²) in [6.07, 6.45) is 2.76. The van der Waals surface area contributed by atoms with Gasteiger partial charge >= 0.3 is 5.97 Å². The molecule has 1 saturated carbocycles. The molecule has 1 rings (SSSR count). The zero-order valence-electron chi connectivity index (χ0n) is 9.32. The molecule has 1 aliphatic carbocycles. The van der Waals surface area contributed by atoms with E-state index in [1.54, 1.807) is 6.92 Å². The Kier molecular flexibility index (Phi) is 4.28. The van der Waals surface area contributed by atoms with Crippen molar-refractivity contribution in [1.29, 1.82) is 0 Å². The van der Waals surface area contributed by atoms with Crippen LogP contribution in [0.25, 0.3) is 0 Å². The molecule has 0 radical (unpaired) electrons. The Bertz CT molecular complexity index is 347. The van der Waals surface area contributed by atoms with E-state index in [1.807, 2.05) is 0 Å². The normalized spacial score (nSPS) is 19.8. The lowest BCUT2D eigenvalue weighted by atomic mass is 9.87. The van der Waals surface area contributed by atoms with E-state index in [2.05, 4.69) is 9.44 Å². The first-order valence-corrected chi connectivity index (χ1v) is 6.88. The van der Waals surface area contributed by atoms with Crippen molar-refractivity contribution in [2.45, 2.75) is 32.6 Å². The highest BCUT2D eigenvalue weighted by Crippen LogP contribution is 2.37. The van der Waals surface area contributed by atoms with Gasteiger partial charge in [0.2, 0.25) is 0 Å². The van der Waals surface area contributed by atoms with Gasteiger partial charge in [-0.15, -0.1) is 0 Å². The number of carbonyl (C=O) groups is 1. The molecule has 0 aromatic carbocycles. The van der Waals surface area contributed by atoms with Crippen molar-refractivity contribution in [3.63, 3.8) is 0 Å². The lowest BCUT2D eigenvalue weighted by Gasteiger charge is -2.23. The number of nitrogens with one attached hydrogen (secondary N) is 2. The van der Waals surface area contributed by atoms with Crippen LogP contribution in [0.5, 0.6) is 0 Å². The largest absolute Gasteiger partial charge is 0.481 e. The van der Waals surface area contributed by atoms with E-state index in [0.29, 0.717) is 12.8 Å². The van der Waals surface area contributed by atoms with Gasteiger partial charge in [0.1, 0.15) is 0 Å². The van der Waals surface area contributed by atoms with E-state index in [0.717, 1.165) is 12.8 Å². The molecule has 1 aliphatic rings. The number of hydrogen-bond acceptors (Lipinski definition) is 3. The van der Waals surface area contributed by atoms with Crippen molar-refractivity contribution < 1.29 is 18.3 Å². The molecule has 0 spiro atoms. The Morgan fingerprint density at radius 2 is 1.88 bits per heavy atom. The first-order chi connectivity index (χ1) is 7.42. The number of carboxylic acids is 1. The summed E-state index contributed by atoms with van der Waals surface area (Å²) in [7, 11) is -3.55. The van der Waals surface area contributed by atoms with Gasteiger partial charge in [-0.1, -0.05) is 19.8 Å². The highest BCUT2D eigenvalue weighted by Gasteiger charge is 2.41. The van der Waals surface area contributed by atoms with Gasteiger partial charge in [-0.3, -0.25) is 4.79 Å². The van der Waals surface area contributed by atoms with E-state index < -0.39 is 21.6 Å². The lowest BCUT2D eigenvalue weighted by molar-refractivity contribution is -0.148. The zero-order chi connectivity index (χ0) is 12.2. The summed E-state index contributed by atoms with van der Waals surface area (Å²) < 4.78 is 27.2. The van der Waals surface area contributed by atoms with Crippen molar-refractivity contribution in [2.24, 2.45) is 5.41 Å². The van der Waals surface area contributed by atoms with Crippen LogP contribution in [-0.4, -0.2) is 32.6 Å². The smallest absolute Gasteiger partial charge is 0.310 e. The summed E-state index contributed by atoms with van der Waals surface area (Å²) in [4.78, 5) is 11.1. The molecule has 94 valence electrons. The topological polar surface area (TPSA) is 95.5 Å². The Morgan fingerprint density at radius 1 is 1.31 bits per heavy atom. The number of aliphatic carboxylic acids is 1. The van der Waals surface area contributed by atoms with E-state index in [1.165, 1.54) is 0 Å². The SMILES string of the molecule is CCNS(=O)(=O)NCC1(C(=O)O)CCCC1. The Labute approximate surface area is 95.6 Å². The molecule has 0 amide bonds. The van der Waals surface area contributed by atoms with Gasteiger partial charge in [0.15, 0.2) is 0 Å². The van der Waals surface area contributed by atoms with Crippen LogP contribution in [0, 0.1) is 5.41 Å². The minimum absolute atomic E-state index is 0.0301. The van der Waals surface area contributed by atoms with Crippen LogP contribution in [0.1, 0.15) is 32.6 Å². The summed E-state index contributed by atoms with van der Waals surface area (Å²) in [6.45, 7) is 1.93. The third kappa shape index (κ3) is 3.16. The first-order valence-electron chi connectivity index (χ1n) is 5.39. The lowest BCUT2D eigenvalue weighted by Crippen LogP contribution is -2.45. The monoisotopic (exact) mass is 250 g/mol. The highest BCUT2D eigenvalue weighted by molar-refractivity contribution is 7.87. The maximum Gasteiger partial charge on any atom is 0.310 e. The Hall–Kier alpha value is -0.660. The fourth-order valence-electron chi connectivity index (χ4n) is 1.99. The summed E-state index contributed by atoms with van der Waals surface area (Å²) >= 11 is 0. The molecule has 3 N–H and O–H groups in total. The number of hydrogen-bond donors (Lipinski definition) is 3. The molecule has 6 nitrogen and oxygen atoms in total. The van der Waals surface area contributed by atoms with Crippen LogP contribution in [0.4, 0.5) is 0 Å². The highest BCUT2D eigenvalue weighted by atomic mass is 32.2.